The SMILES string of the molecule is CC1CCCCC2CCC[C]2C1(c1ccccc1)c1ccccc1. The highest BCUT2D eigenvalue weighted by Gasteiger charge is 2.51. The van der Waals surface area contributed by atoms with Crippen LogP contribution in [0.2, 0.25) is 0 Å². The van der Waals surface area contributed by atoms with Crippen LogP contribution >= 0.6 is 0 Å². The molecule has 0 aromatic heterocycles. The molecule has 2 atom stereocenters. The van der Waals surface area contributed by atoms with Gasteiger partial charge in [0.2, 0.25) is 0 Å². The predicted octanol–water partition coefficient (Wildman–Crippen LogP) is 6.56. The van der Waals surface area contributed by atoms with Crippen LogP contribution in [0.15, 0.2) is 60.7 Å². The van der Waals surface area contributed by atoms with Crippen molar-refractivity contribution in [3.05, 3.63) is 77.7 Å². The van der Waals surface area contributed by atoms with Gasteiger partial charge in [0.25, 0.3) is 0 Å². The third-order valence-electron chi connectivity index (χ3n) is 6.64. The molecule has 0 bridgehead atoms. The van der Waals surface area contributed by atoms with Gasteiger partial charge >= 0.3 is 0 Å². The second-order valence-corrected chi connectivity index (χ2v) is 7.84. The fraction of sp³-hybridized carbons (Fsp3) is 0.458. The maximum Gasteiger partial charge on any atom is 0.0293 e. The molecule has 24 heavy (non-hydrogen) atoms. The summed E-state index contributed by atoms with van der Waals surface area (Å²) in [6, 6.07) is 22.8. The molecule has 1 radical (unpaired) electrons. The molecular formula is C24H29. The van der Waals surface area contributed by atoms with Gasteiger partial charge in [-0.1, -0.05) is 86.8 Å². The Morgan fingerprint density at radius 2 is 1.25 bits per heavy atom. The fourth-order valence-corrected chi connectivity index (χ4v) is 5.64. The summed E-state index contributed by atoms with van der Waals surface area (Å²) in [6.45, 7) is 2.51. The van der Waals surface area contributed by atoms with Crippen LogP contribution in [0.4, 0.5) is 0 Å². The van der Waals surface area contributed by atoms with Crippen LogP contribution in [0.1, 0.15) is 63.0 Å². The molecule has 0 heteroatoms. The molecule has 0 spiro atoms. The highest BCUT2D eigenvalue weighted by Crippen LogP contribution is 2.58. The van der Waals surface area contributed by atoms with E-state index in [0.29, 0.717) is 5.92 Å². The lowest BCUT2D eigenvalue weighted by Gasteiger charge is -2.48. The summed E-state index contributed by atoms with van der Waals surface area (Å²) >= 11 is 0. The van der Waals surface area contributed by atoms with Crippen molar-refractivity contribution in [2.75, 3.05) is 0 Å². The zero-order valence-electron chi connectivity index (χ0n) is 14.9. The Morgan fingerprint density at radius 1 is 0.708 bits per heavy atom. The molecule has 2 aromatic rings. The summed E-state index contributed by atoms with van der Waals surface area (Å²) in [5.74, 6) is 3.33. The molecule has 0 N–H and O–H groups in total. The standard InChI is InChI=1S/C24H29/c1-19-11-8-9-12-20-13-10-18-23(20)24(19,21-14-4-2-5-15-21)22-16-6-3-7-17-22/h2-7,14-17,19-20H,8-13,18H2,1H3. The van der Waals surface area contributed by atoms with E-state index in [1.165, 1.54) is 56.1 Å². The van der Waals surface area contributed by atoms with Crippen molar-refractivity contribution in [3.63, 3.8) is 0 Å². The molecule has 125 valence electrons. The maximum absolute atomic E-state index is 2.51. The second-order valence-electron chi connectivity index (χ2n) is 7.84. The van der Waals surface area contributed by atoms with E-state index in [4.69, 9.17) is 0 Å². The van der Waals surface area contributed by atoms with E-state index < -0.39 is 0 Å². The van der Waals surface area contributed by atoms with Crippen LogP contribution in [0, 0.1) is 17.8 Å². The predicted molar refractivity (Wildman–Crippen MR) is 102 cm³/mol. The smallest absolute Gasteiger partial charge is 0.0293 e. The molecule has 0 aliphatic heterocycles. The minimum Gasteiger partial charge on any atom is -0.0622 e. The van der Waals surface area contributed by atoms with Crippen molar-refractivity contribution in [1.82, 2.24) is 0 Å². The number of hydrogen-bond acceptors (Lipinski definition) is 0. The Balaban J connectivity index is 1.95. The zero-order chi connectivity index (χ0) is 16.4. The van der Waals surface area contributed by atoms with Crippen LogP contribution < -0.4 is 0 Å². The molecule has 2 fully saturated rings. The highest BCUT2D eigenvalue weighted by atomic mass is 14.5. The van der Waals surface area contributed by atoms with Gasteiger partial charge in [-0.2, -0.15) is 0 Å². The summed E-state index contributed by atoms with van der Waals surface area (Å²) in [6.07, 6.45) is 9.64. The van der Waals surface area contributed by atoms with Crippen LogP contribution in [-0.2, 0) is 5.41 Å². The lowest BCUT2D eigenvalue weighted by atomic mass is 9.54. The molecule has 2 aliphatic carbocycles. The second kappa shape index (κ2) is 6.75. The summed E-state index contributed by atoms with van der Waals surface area (Å²) in [4.78, 5) is 0. The minimum absolute atomic E-state index is 0.115. The Morgan fingerprint density at radius 3 is 1.88 bits per heavy atom. The van der Waals surface area contributed by atoms with Gasteiger partial charge in [0, 0.05) is 5.41 Å². The average molecular weight is 317 g/mol. The van der Waals surface area contributed by atoms with Gasteiger partial charge in [-0.15, -0.1) is 0 Å². The Hall–Kier alpha value is -1.56. The summed E-state index contributed by atoms with van der Waals surface area (Å²) < 4.78 is 0. The Kier molecular flexibility index (Phi) is 4.48. The van der Waals surface area contributed by atoms with E-state index in [1.807, 2.05) is 5.92 Å². The van der Waals surface area contributed by atoms with Crippen LogP contribution in [0.25, 0.3) is 0 Å². The third kappa shape index (κ3) is 2.51. The van der Waals surface area contributed by atoms with Crippen molar-refractivity contribution in [2.45, 2.75) is 57.3 Å². The van der Waals surface area contributed by atoms with E-state index >= 15 is 0 Å². The quantitative estimate of drug-likeness (QED) is 0.588. The third-order valence-corrected chi connectivity index (χ3v) is 6.64. The fourth-order valence-electron chi connectivity index (χ4n) is 5.64. The first-order chi connectivity index (χ1) is 11.8. The number of hydrogen-bond donors (Lipinski definition) is 0. The molecule has 0 heterocycles. The molecule has 2 aliphatic rings. The van der Waals surface area contributed by atoms with E-state index in [2.05, 4.69) is 67.6 Å². The van der Waals surface area contributed by atoms with Gasteiger partial charge in [0.15, 0.2) is 0 Å². The Bertz CT molecular complexity index is 603. The van der Waals surface area contributed by atoms with Crippen LogP contribution in [0.5, 0.6) is 0 Å². The molecule has 4 rings (SSSR count). The molecule has 2 saturated carbocycles. The van der Waals surface area contributed by atoms with Crippen molar-refractivity contribution in [3.8, 4) is 0 Å². The van der Waals surface area contributed by atoms with Gasteiger partial charge in [-0.25, -0.2) is 0 Å². The molecule has 0 amide bonds. The molecular weight excluding hydrogens is 288 g/mol. The van der Waals surface area contributed by atoms with Gasteiger partial charge in [-0.3, -0.25) is 0 Å². The van der Waals surface area contributed by atoms with E-state index in [-0.39, 0.29) is 5.41 Å². The van der Waals surface area contributed by atoms with Crippen molar-refractivity contribution in [1.29, 1.82) is 0 Å². The molecule has 2 unspecified atom stereocenters. The number of rotatable bonds is 2. The van der Waals surface area contributed by atoms with E-state index in [1.54, 1.807) is 0 Å². The van der Waals surface area contributed by atoms with Gasteiger partial charge in [0.05, 0.1) is 0 Å². The van der Waals surface area contributed by atoms with Gasteiger partial charge in [-0.05, 0) is 54.6 Å². The largest absolute Gasteiger partial charge is 0.0622 e. The topological polar surface area (TPSA) is 0 Å². The monoisotopic (exact) mass is 317 g/mol. The van der Waals surface area contributed by atoms with Gasteiger partial charge in [0.1, 0.15) is 0 Å². The van der Waals surface area contributed by atoms with Crippen molar-refractivity contribution >= 4 is 0 Å². The van der Waals surface area contributed by atoms with E-state index in [0.717, 1.165) is 5.92 Å². The average Bonchev–Trinajstić information content (AvgIpc) is 3.08. The first kappa shape index (κ1) is 15.9. The summed E-state index contributed by atoms with van der Waals surface area (Å²) in [7, 11) is 0. The lowest BCUT2D eigenvalue weighted by molar-refractivity contribution is 0.261. The summed E-state index contributed by atoms with van der Waals surface area (Å²) in [5.41, 5.74) is 3.16. The first-order valence-electron chi connectivity index (χ1n) is 9.80. The first-order valence-corrected chi connectivity index (χ1v) is 9.80. The van der Waals surface area contributed by atoms with E-state index in [9.17, 15) is 0 Å². The van der Waals surface area contributed by atoms with Crippen molar-refractivity contribution in [2.24, 2.45) is 11.8 Å². The Labute approximate surface area is 147 Å². The molecule has 0 saturated heterocycles. The maximum atomic E-state index is 2.51. The summed E-state index contributed by atoms with van der Waals surface area (Å²) in [5, 5.41) is 0. The highest BCUT2D eigenvalue weighted by molar-refractivity contribution is 5.48. The normalized spacial score (nSPS) is 27.2. The molecule has 0 nitrogen and oxygen atoms in total. The van der Waals surface area contributed by atoms with Crippen molar-refractivity contribution < 1.29 is 0 Å². The molecule has 2 aromatic carbocycles. The number of fused-ring (bicyclic) bond motifs is 1. The van der Waals surface area contributed by atoms with Crippen LogP contribution in [0.3, 0.4) is 0 Å². The minimum atomic E-state index is 0.115. The zero-order valence-corrected chi connectivity index (χ0v) is 14.9. The number of benzene rings is 2. The lowest BCUT2D eigenvalue weighted by Crippen LogP contribution is -2.43. The van der Waals surface area contributed by atoms with Gasteiger partial charge < -0.3 is 0 Å². The van der Waals surface area contributed by atoms with Crippen LogP contribution in [-0.4, -0.2) is 0 Å².